The lowest BCUT2D eigenvalue weighted by Gasteiger charge is -2.20. The molecule has 1 aliphatic heterocycles. The van der Waals surface area contributed by atoms with Gasteiger partial charge in [0, 0.05) is 10.6 Å². The standard InChI is InChI=1S/C14H15ClN2O/c15-11-5-3-4-10(8-11)14-17-9-13(18-14)12-6-1-2-7-16-12/h3-5,8-9,12,16H,1-2,6-7H2. The van der Waals surface area contributed by atoms with E-state index in [1.54, 1.807) is 0 Å². The number of piperidine rings is 1. The molecule has 94 valence electrons. The lowest BCUT2D eigenvalue weighted by Crippen LogP contribution is -2.26. The maximum Gasteiger partial charge on any atom is 0.226 e. The largest absolute Gasteiger partial charge is 0.440 e. The number of hydrogen-bond acceptors (Lipinski definition) is 3. The van der Waals surface area contributed by atoms with Crippen molar-refractivity contribution in [3.8, 4) is 11.5 Å². The Bertz CT molecular complexity index is 532. The molecule has 0 saturated carbocycles. The van der Waals surface area contributed by atoms with Crippen molar-refractivity contribution in [1.82, 2.24) is 10.3 Å². The molecule has 0 radical (unpaired) electrons. The second-order valence-electron chi connectivity index (χ2n) is 4.58. The van der Waals surface area contributed by atoms with Gasteiger partial charge < -0.3 is 9.73 Å². The Kier molecular flexibility index (Phi) is 3.35. The molecule has 3 nitrogen and oxygen atoms in total. The number of nitrogens with zero attached hydrogens (tertiary/aromatic N) is 1. The van der Waals surface area contributed by atoms with Gasteiger partial charge in [-0.15, -0.1) is 0 Å². The third-order valence-electron chi connectivity index (χ3n) is 3.25. The topological polar surface area (TPSA) is 38.1 Å². The first-order valence-electron chi connectivity index (χ1n) is 6.28. The smallest absolute Gasteiger partial charge is 0.226 e. The molecule has 0 spiro atoms. The summed E-state index contributed by atoms with van der Waals surface area (Å²) in [5.41, 5.74) is 0.921. The minimum Gasteiger partial charge on any atom is -0.440 e. The molecular formula is C14H15ClN2O. The van der Waals surface area contributed by atoms with Crippen LogP contribution in [0.25, 0.3) is 11.5 Å². The van der Waals surface area contributed by atoms with E-state index in [1.165, 1.54) is 12.8 Å². The predicted molar refractivity (Wildman–Crippen MR) is 71.5 cm³/mol. The first-order valence-corrected chi connectivity index (χ1v) is 6.66. The Morgan fingerprint density at radius 3 is 3.06 bits per heavy atom. The van der Waals surface area contributed by atoms with Gasteiger partial charge in [-0.3, -0.25) is 0 Å². The number of halogens is 1. The van der Waals surface area contributed by atoms with Crippen LogP contribution in [0.1, 0.15) is 31.1 Å². The Labute approximate surface area is 111 Å². The van der Waals surface area contributed by atoms with Crippen LogP contribution in [0.2, 0.25) is 5.02 Å². The van der Waals surface area contributed by atoms with Crippen molar-refractivity contribution in [3.05, 3.63) is 41.2 Å². The monoisotopic (exact) mass is 262 g/mol. The molecule has 0 amide bonds. The first kappa shape index (κ1) is 11.8. The molecule has 3 rings (SSSR count). The zero-order valence-electron chi connectivity index (χ0n) is 10.0. The number of hydrogen-bond donors (Lipinski definition) is 1. The Hall–Kier alpha value is -1.32. The molecule has 18 heavy (non-hydrogen) atoms. The fraction of sp³-hybridized carbons (Fsp3) is 0.357. The molecule has 1 saturated heterocycles. The van der Waals surface area contributed by atoms with Gasteiger partial charge in [0.05, 0.1) is 12.2 Å². The molecule has 1 aliphatic rings. The lowest BCUT2D eigenvalue weighted by molar-refractivity contribution is 0.352. The van der Waals surface area contributed by atoms with Crippen molar-refractivity contribution in [2.24, 2.45) is 0 Å². The normalized spacial score (nSPS) is 19.9. The van der Waals surface area contributed by atoms with E-state index in [9.17, 15) is 0 Å². The summed E-state index contributed by atoms with van der Waals surface area (Å²) in [6.07, 6.45) is 5.42. The van der Waals surface area contributed by atoms with Gasteiger partial charge in [0.2, 0.25) is 5.89 Å². The van der Waals surface area contributed by atoms with Crippen LogP contribution in [-0.2, 0) is 0 Å². The van der Waals surface area contributed by atoms with Crippen molar-refractivity contribution in [3.63, 3.8) is 0 Å². The van der Waals surface area contributed by atoms with Crippen LogP contribution < -0.4 is 5.32 Å². The van der Waals surface area contributed by atoms with Gasteiger partial charge in [-0.1, -0.05) is 24.1 Å². The van der Waals surface area contributed by atoms with E-state index in [-0.39, 0.29) is 0 Å². The molecule has 1 aromatic heterocycles. The molecule has 0 bridgehead atoms. The van der Waals surface area contributed by atoms with Gasteiger partial charge in [-0.25, -0.2) is 4.98 Å². The molecule has 1 N–H and O–H groups in total. The van der Waals surface area contributed by atoms with Crippen LogP contribution in [0.15, 0.2) is 34.9 Å². The molecule has 1 aromatic carbocycles. The molecule has 2 aromatic rings. The average Bonchev–Trinajstić information content (AvgIpc) is 2.89. The van der Waals surface area contributed by atoms with Crippen molar-refractivity contribution in [2.45, 2.75) is 25.3 Å². The molecule has 0 aliphatic carbocycles. The van der Waals surface area contributed by atoms with Crippen molar-refractivity contribution in [1.29, 1.82) is 0 Å². The average molecular weight is 263 g/mol. The Balaban J connectivity index is 1.84. The maximum absolute atomic E-state index is 5.97. The number of rotatable bonds is 2. The predicted octanol–water partition coefficient (Wildman–Crippen LogP) is 3.81. The molecule has 2 heterocycles. The molecule has 4 heteroatoms. The second-order valence-corrected chi connectivity index (χ2v) is 5.02. The van der Waals surface area contributed by atoms with E-state index < -0.39 is 0 Å². The first-order chi connectivity index (χ1) is 8.83. The number of nitrogens with one attached hydrogen (secondary N) is 1. The minimum absolute atomic E-state index is 0.305. The van der Waals surface area contributed by atoms with Crippen LogP contribution in [0, 0.1) is 0 Å². The van der Waals surface area contributed by atoms with E-state index >= 15 is 0 Å². The summed E-state index contributed by atoms with van der Waals surface area (Å²) in [6, 6.07) is 7.87. The number of oxazole rings is 1. The highest BCUT2D eigenvalue weighted by Crippen LogP contribution is 2.28. The summed E-state index contributed by atoms with van der Waals surface area (Å²) in [5, 5.41) is 4.15. The third kappa shape index (κ3) is 2.42. The van der Waals surface area contributed by atoms with Crippen LogP contribution in [0.3, 0.4) is 0 Å². The second kappa shape index (κ2) is 5.12. The van der Waals surface area contributed by atoms with E-state index in [4.69, 9.17) is 16.0 Å². The van der Waals surface area contributed by atoms with Gasteiger partial charge in [0.1, 0.15) is 5.76 Å². The van der Waals surface area contributed by atoms with E-state index in [0.29, 0.717) is 17.0 Å². The summed E-state index contributed by atoms with van der Waals surface area (Å²) in [4.78, 5) is 4.34. The lowest BCUT2D eigenvalue weighted by atomic mass is 10.0. The zero-order chi connectivity index (χ0) is 12.4. The highest BCUT2D eigenvalue weighted by molar-refractivity contribution is 6.30. The van der Waals surface area contributed by atoms with Gasteiger partial charge in [0.25, 0.3) is 0 Å². The SMILES string of the molecule is Clc1cccc(-c2ncc(C3CCCCN3)o2)c1. The summed E-state index contributed by atoms with van der Waals surface area (Å²) < 4.78 is 5.83. The highest BCUT2D eigenvalue weighted by atomic mass is 35.5. The Morgan fingerprint density at radius 1 is 1.33 bits per heavy atom. The van der Waals surface area contributed by atoms with Crippen LogP contribution in [0.5, 0.6) is 0 Å². The van der Waals surface area contributed by atoms with Crippen LogP contribution >= 0.6 is 11.6 Å². The maximum atomic E-state index is 5.97. The number of benzene rings is 1. The van der Waals surface area contributed by atoms with Gasteiger partial charge >= 0.3 is 0 Å². The fourth-order valence-corrected chi connectivity index (χ4v) is 2.49. The quantitative estimate of drug-likeness (QED) is 0.894. The summed E-state index contributed by atoms with van der Waals surface area (Å²) >= 11 is 5.97. The summed E-state index contributed by atoms with van der Waals surface area (Å²) in [5.74, 6) is 1.56. The minimum atomic E-state index is 0.305. The fourth-order valence-electron chi connectivity index (χ4n) is 2.30. The zero-order valence-corrected chi connectivity index (χ0v) is 10.8. The number of aromatic nitrogens is 1. The van der Waals surface area contributed by atoms with E-state index in [2.05, 4.69) is 10.3 Å². The molecule has 1 fully saturated rings. The van der Waals surface area contributed by atoms with Gasteiger partial charge in [-0.2, -0.15) is 0 Å². The Morgan fingerprint density at radius 2 is 2.28 bits per heavy atom. The van der Waals surface area contributed by atoms with Crippen molar-refractivity contribution in [2.75, 3.05) is 6.54 Å². The molecule has 1 atom stereocenters. The van der Waals surface area contributed by atoms with Gasteiger partial charge in [0.15, 0.2) is 0 Å². The van der Waals surface area contributed by atoms with E-state index in [1.807, 2.05) is 30.5 Å². The van der Waals surface area contributed by atoms with E-state index in [0.717, 1.165) is 24.3 Å². The van der Waals surface area contributed by atoms with Crippen molar-refractivity contribution >= 4 is 11.6 Å². The van der Waals surface area contributed by atoms with Crippen LogP contribution in [0.4, 0.5) is 0 Å². The van der Waals surface area contributed by atoms with Gasteiger partial charge in [-0.05, 0) is 37.6 Å². The van der Waals surface area contributed by atoms with Crippen molar-refractivity contribution < 1.29 is 4.42 Å². The van der Waals surface area contributed by atoms with Crippen LogP contribution in [-0.4, -0.2) is 11.5 Å². The summed E-state index contributed by atoms with van der Waals surface area (Å²) in [7, 11) is 0. The third-order valence-corrected chi connectivity index (χ3v) is 3.48. The molecular weight excluding hydrogens is 248 g/mol. The summed E-state index contributed by atoms with van der Waals surface area (Å²) in [6.45, 7) is 1.05. The molecule has 1 unspecified atom stereocenters. The highest BCUT2D eigenvalue weighted by Gasteiger charge is 2.19.